The first kappa shape index (κ1) is 23.7. The fraction of sp³-hybridized carbons (Fsp3) is 0.458. The van der Waals surface area contributed by atoms with Gasteiger partial charge in [-0.05, 0) is 43.5 Å². The van der Waals surface area contributed by atoms with Gasteiger partial charge in [0.2, 0.25) is 5.91 Å². The molecule has 2 amide bonds. The number of benzene rings is 1. The zero-order valence-electron chi connectivity index (χ0n) is 19.4. The Bertz CT molecular complexity index is 1050. The van der Waals surface area contributed by atoms with Gasteiger partial charge in [-0.2, -0.15) is 0 Å². The van der Waals surface area contributed by atoms with Crippen LogP contribution in [0.25, 0.3) is 0 Å². The molecule has 0 bridgehead atoms. The van der Waals surface area contributed by atoms with Gasteiger partial charge in [0.1, 0.15) is 18.2 Å². The summed E-state index contributed by atoms with van der Waals surface area (Å²) in [7, 11) is 1.61. The Hall–Kier alpha value is -3.40. The van der Waals surface area contributed by atoms with Gasteiger partial charge in [-0.1, -0.05) is 0 Å². The van der Waals surface area contributed by atoms with E-state index in [1.54, 1.807) is 43.2 Å². The highest BCUT2D eigenvalue weighted by atomic mass is 19.1. The van der Waals surface area contributed by atoms with E-state index < -0.39 is 5.82 Å². The van der Waals surface area contributed by atoms with Crippen molar-refractivity contribution in [1.29, 1.82) is 0 Å². The number of rotatable bonds is 8. The molecule has 2 aromatic rings. The van der Waals surface area contributed by atoms with Gasteiger partial charge >= 0.3 is 0 Å². The number of ether oxygens (including phenoxy) is 2. The number of methoxy groups -OCH3 is 1. The van der Waals surface area contributed by atoms with Crippen molar-refractivity contribution in [3.8, 4) is 5.75 Å². The molecule has 1 unspecified atom stereocenters. The molecule has 1 saturated heterocycles. The molecule has 10 heteroatoms. The van der Waals surface area contributed by atoms with Gasteiger partial charge in [0.05, 0.1) is 12.2 Å². The molecular weight excluding hydrogens is 441 g/mol. The summed E-state index contributed by atoms with van der Waals surface area (Å²) < 4.78 is 25.9. The summed E-state index contributed by atoms with van der Waals surface area (Å²) in [5, 5.41) is 9.02. The average molecular weight is 472 g/mol. The quantitative estimate of drug-likeness (QED) is 0.508. The van der Waals surface area contributed by atoms with Crippen LogP contribution < -0.4 is 20.7 Å². The number of anilines is 3. The molecule has 2 aliphatic rings. The highest BCUT2D eigenvalue weighted by Gasteiger charge is 2.31. The maximum atomic E-state index is 15.3. The number of nitrogens with zero attached hydrogens (tertiary/aromatic N) is 2. The van der Waals surface area contributed by atoms with E-state index >= 15 is 4.39 Å². The highest BCUT2D eigenvalue weighted by molar-refractivity contribution is 6.03. The number of aromatic nitrogens is 1. The SMILES string of the molecule is COCCOc1ccc(Nc2nc(NC3CCCCN(C(C)=O)C3)c(F)c3c2C(=O)NC3)cc1. The summed E-state index contributed by atoms with van der Waals surface area (Å²) in [5.41, 5.74) is 1.17. The predicted octanol–water partition coefficient (Wildman–Crippen LogP) is 3.05. The van der Waals surface area contributed by atoms with Crippen LogP contribution in [0.1, 0.15) is 42.1 Å². The summed E-state index contributed by atoms with van der Waals surface area (Å²) in [6, 6.07) is 7.06. The summed E-state index contributed by atoms with van der Waals surface area (Å²) >= 11 is 0. The van der Waals surface area contributed by atoms with Crippen molar-refractivity contribution in [2.24, 2.45) is 0 Å². The standard InChI is InChI=1S/C24H30FN5O4/c1-15(31)30-10-4-3-5-17(14-30)28-23-21(25)19-13-26-24(32)20(19)22(29-23)27-16-6-8-18(9-7-16)34-12-11-33-2/h6-9,17H,3-5,10-14H2,1-2H3,(H,26,32)(H2,27,28,29). The number of nitrogens with one attached hydrogen (secondary N) is 3. The van der Waals surface area contributed by atoms with E-state index in [9.17, 15) is 9.59 Å². The molecule has 2 aliphatic heterocycles. The van der Waals surface area contributed by atoms with Crippen LogP contribution in [0.15, 0.2) is 24.3 Å². The normalized spacial score (nSPS) is 17.6. The zero-order chi connectivity index (χ0) is 24.1. The van der Waals surface area contributed by atoms with Gasteiger partial charge in [0.25, 0.3) is 5.91 Å². The van der Waals surface area contributed by atoms with Crippen LogP contribution >= 0.6 is 0 Å². The first-order valence-corrected chi connectivity index (χ1v) is 11.5. The van der Waals surface area contributed by atoms with Crippen LogP contribution in [0, 0.1) is 5.82 Å². The molecule has 0 radical (unpaired) electrons. The van der Waals surface area contributed by atoms with Crippen molar-refractivity contribution in [3.63, 3.8) is 0 Å². The monoisotopic (exact) mass is 471 g/mol. The molecular formula is C24H30FN5O4. The number of hydrogen-bond acceptors (Lipinski definition) is 7. The smallest absolute Gasteiger partial charge is 0.255 e. The highest BCUT2D eigenvalue weighted by Crippen LogP contribution is 2.32. The minimum absolute atomic E-state index is 0.00267. The van der Waals surface area contributed by atoms with Crippen LogP contribution in [0.3, 0.4) is 0 Å². The molecule has 0 saturated carbocycles. The molecule has 9 nitrogen and oxygen atoms in total. The van der Waals surface area contributed by atoms with Crippen LogP contribution in [0.5, 0.6) is 5.75 Å². The number of amides is 2. The molecule has 34 heavy (non-hydrogen) atoms. The van der Waals surface area contributed by atoms with Crippen LogP contribution in [0.4, 0.5) is 21.7 Å². The number of fused-ring (bicyclic) bond motifs is 1. The first-order chi connectivity index (χ1) is 16.5. The van der Waals surface area contributed by atoms with Crippen molar-refractivity contribution in [1.82, 2.24) is 15.2 Å². The Morgan fingerprint density at radius 3 is 2.76 bits per heavy atom. The Balaban J connectivity index is 1.57. The third kappa shape index (κ3) is 5.39. The van der Waals surface area contributed by atoms with Gasteiger partial charge in [-0.25, -0.2) is 9.37 Å². The van der Waals surface area contributed by atoms with Gasteiger partial charge in [0.15, 0.2) is 11.6 Å². The van der Waals surface area contributed by atoms with E-state index in [1.807, 2.05) is 0 Å². The predicted molar refractivity (Wildman–Crippen MR) is 126 cm³/mol. The lowest BCUT2D eigenvalue weighted by atomic mass is 10.1. The lowest BCUT2D eigenvalue weighted by Gasteiger charge is -2.25. The second-order valence-corrected chi connectivity index (χ2v) is 8.45. The Kier molecular flexibility index (Phi) is 7.46. The number of likely N-dealkylation sites (tertiary alicyclic amines) is 1. The van der Waals surface area contributed by atoms with E-state index in [-0.39, 0.29) is 47.2 Å². The second kappa shape index (κ2) is 10.7. The van der Waals surface area contributed by atoms with Crippen molar-refractivity contribution >= 4 is 29.1 Å². The molecule has 3 heterocycles. The van der Waals surface area contributed by atoms with Gasteiger partial charge < -0.3 is 30.3 Å². The zero-order valence-corrected chi connectivity index (χ0v) is 19.4. The Morgan fingerprint density at radius 2 is 2.03 bits per heavy atom. The number of carbonyl (C=O) groups excluding carboxylic acids is 2. The molecule has 4 rings (SSSR count). The Labute approximate surface area is 198 Å². The van der Waals surface area contributed by atoms with E-state index in [4.69, 9.17) is 9.47 Å². The maximum absolute atomic E-state index is 15.3. The van der Waals surface area contributed by atoms with E-state index in [0.717, 1.165) is 19.3 Å². The van der Waals surface area contributed by atoms with Gasteiger partial charge in [0, 0.05) is 51.0 Å². The third-order valence-electron chi connectivity index (χ3n) is 6.02. The average Bonchev–Trinajstić information content (AvgIpc) is 3.06. The lowest BCUT2D eigenvalue weighted by molar-refractivity contribution is -0.128. The molecule has 0 spiro atoms. The number of carbonyl (C=O) groups is 2. The van der Waals surface area contributed by atoms with Crippen LogP contribution in [-0.2, 0) is 16.1 Å². The second-order valence-electron chi connectivity index (χ2n) is 8.45. The molecule has 1 fully saturated rings. The minimum Gasteiger partial charge on any atom is -0.491 e. The third-order valence-corrected chi connectivity index (χ3v) is 6.02. The van der Waals surface area contributed by atoms with Gasteiger partial charge in [-0.15, -0.1) is 0 Å². The Morgan fingerprint density at radius 1 is 1.24 bits per heavy atom. The number of halogens is 1. The number of pyridine rings is 1. The summed E-state index contributed by atoms with van der Waals surface area (Å²) in [6.07, 6.45) is 2.64. The van der Waals surface area contributed by atoms with Crippen molar-refractivity contribution < 1.29 is 23.5 Å². The fourth-order valence-electron chi connectivity index (χ4n) is 4.22. The summed E-state index contributed by atoms with van der Waals surface area (Å²) in [6.45, 7) is 3.75. The van der Waals surface area contributed by atoms with Crippen molar-refractivity contribution in [2.45, 2.75) is 38.8 Å². The first-order valence-electron chi connectivity index (χ1n) is 11.5. The van der Waals surface area contributed by atoms with Gasteiger partial charge in [-0.3, -0.25) is 9.59 Å². The van der Waals surface area contributed by atoms with E-state index in [2.05, 4.69) is 20.9 Å². The molecule has 1 aromatic heterocycles. The molecule has 0 aliphatic carbocycles. The fourth-order valence-corrected chi connectivity index (χ4v) is 4.22. The molecule has 182 valence electrons. The van der Waals surface area contributed by atoms with E-state index in [0.29, 0.717) is 37.7 Å². The lowest BCUT2D eigenvalue weighted by Crippen LogP contribution is -2.38. The molecule has 3 N–H and O–H groups in total. The largest absolute Gasteiger partial charge is 0.491 e. The molecule has 1 atom stereocenters. The van der Waals surface area contributed by atoms with Crippen LogP contribution in [0.2, 0.25) is 0 Å². The van der Waals surface area contributed by atoms with E-state index in [1.165, 1.54) is 0 Å². The maximum Gasteiger partial charge on any atom is 0.255 e. The molecule has 1 aromatic carbocycles. The van der Waals surface area contributed by atoms with Crippen molar-refractivity contribution in [2.75, 3.05) is 44.0 Å². The van der Waals surface area contributed by atoms with Crippen LogP contribution in [-0.4, -0.2) is 61.2 Å². The summed E-state index contributed by atoms with van der Waals surface area (Å²) in [4.78, 5) is 30.6. The topological polar surface area (TPSA) is 105 Å². The minimum atomic E-state index is -0.542. The summed E-state index contributed by atoms with van der Waals surface area (Å²) in [5.74, 6) is 0.129. The van der Waals surface area contributed by atoms with Crippen molar-refractivity contribution in [3.05, 3.63) is 41.2 Å². The number of hydrogen-bond donors (Lipinski definition) is 3.